The minimum atomic E-state index is 0.492. The Morgan fingerprint density at radius 2 is 1.81 bits per heavy atom. The molecule has 2 aromatic rings. The van der Waals surface area contributed by atoms with Crippen LogP contribution >= 0.6 is 0 Å². The van der Waals surface area contributed by atoms with Crippen LogP contribution in [0.3, 0.4) is 0 Å². The summed E-state index contributed by atoms with van der Waals surface area (Å²) < 4.78 is 0. The number of likely N-dealkylation sites (tertiary alicyclic amines) is 1. The van der Waals surface area contributed by atoms with E-state index in [2.05, 4.69) is 51.4 Å². The van der Waals surface area contributed by atoms with Crippen molar-refractivity contribution in [2.24, 2.45) is 0 Å². The lowest BCUT2D eigenvalue weighted by atomic mass is 10.0. The maximum Gasteiger partial charge on any atom is 0.161 e. The maximum absolute atomic E-state index is 4.48. The summed E-state index contributed by atoms with van der Waals surface area (Å²) in [5.41, 5.74) is 2.43. The van der Waals surface area contributed by atoms with Crippen molar-refractivity contribution in [2.45, 2.75) is 25.8 Å². The Morgan fingerprint density at radius 3 is 2.48 bits per heavy atom. The van der Waals surface area contributed by atoms with Crippen molar-refractivity contribution in [3.8, 4) is 11.4 Å². The molecule has 0 saturated carbocycles. The van der Waals surface area contributed by atoms with E-state index in [9.17, 15) is 0 Å². The van der Waals surface area contributed by atoms with E-state index in [1.807, 2.05) is 13.1 Å². The van der Waals surface area contributed by atoms with Crippen molar-refractivity contribution in [1.82, 2.24) is 14.9 Å². The van der Waals surface area contributed by atoms with E-state index >= 15 is 0 Å². The SMILES string of the molecule is CNc1ccnc(-c2ccc([C@H](C)N3CCCC3)cc2)n1. The van der Waals surface area contributed by atoms with Gasteiger partial charge in [-0.3, -0.25) is 4.90 Å². The molecular formula is C17H22N4. The van der Waals surface area contributed by atoms with Crippen LogP contribution in [0.5, 0.6) is 0 Å². The fourth-order valence-electron chi connectivity index (χ4n) is 2.89. The molecule has 110 valence electrons. The Balaban J connectivity index is 1.79. The largest absolute Gasteiger partial charge is 0.373 e. The van der Waals surface area contributed by atoms with Gasteiger partial charge in [0, 0.05) is 24.8 Å². The Bertz CT molecular complexity index is 588. The summed E-state index contributed by atoms with van der Waals surface area (Å²) >= 11 is 0. The van der Waals surface area contributed by atoms with Gasteiger partial charge in [-0.1, -0.05) is 24.3 Å². The van der Waals surface area contributed by atoms with Gasteiger partial charge < -0.3 is 5.32 Å². The topological polar surface area (TPSA) is 41.1 Å². The Labute approximate surface area is 126 Å². The number of hydrogen-bond acceptors (Lipinski definition) is 4. The van der Waals surface area contributed by atoms with Crippen LogP contribution in [-0.4, -0.2) is 35.0 Å². The van der Waals surface area contributed by atoms with E-state index in [0.717, 1.165) is 17.2 Å². The van der Waals surface area contributed by atoms with Gasteiger partial charge in [0.05, 0.1) is 0 Å². The summed E-state index contributed by atoms with van der Waals surface area (Å²) in [6, 6.07) is 11.0. The van der Waals surface area contributed by atoms with Crippen molar-refractivity contribution in [2.75, 3.05) is 25.5 Å². The normalized spacial score (nSPS) is 16.9. The first-order valence-electron chi connectivity index (χ1n) is 7.63. The molecule has 0 unspecified atom stereocenters. The summed E-state index contributed by atoms with van der Waals surface area (Å²) in [6.45, 7) is 4.73. The highest BCUT2D eigenvalue weighted by Crippen LogP contribution is 2.26. The van der Waals surface area contributed by atoms with Gasteiger partial charge in [-0.05, 0) is 44.5 Å². The van der Waals surface area contributed by atoms with Crippen molar-refractivity contribution in [1.29, 1.82) is 0 Å². The molecule has 3 rings (SSSR count). The van der Waals surface area contributed by atoms with Gasteiger partial charge in [-0.2, -0.15) is 0 Å². The molecule has 21 heavy (non-hydrogen) atoms. The smallest absolute Gasteiger partial charge is 0.161 e. The van der Waals surface area contributed by atoms with E-state index in [-0.39, 0.29) is 0 Å². The van der Waals surface area contributed by atoms with Crippen LogP contribution < -0.4 is 5.32 Å². The third kappa shape index (κ3) is 3.05. The standard InChI is InChI=1S/C17H22N4/c1-13(21-11-3-4-12-21)14-5-7-15(8-6-14)17-19-10-9-16(18-2)20-17/h5-10,13H,3-4,11-12H2,1-2H3,(H,18,19,20)/t13-/m0/s1. The molecule has 0 bridgehead atoms. The number of aromatic nitrogens is 2. The van der Waals surface area contributed by atoms with Gasteiger partial charge in [0.15, 0.2) is 5.82 Å². The molecule has 4 heteroatoms. The number of nitrogens with one attached hydrogen (secondary N) is 1. The lowest BCUT2D eigenvalue weighted by Crippen LogP contribution is -2.23. The van der Waals surface area contributed by atoms with Crippen LogP contribution in [0, 0.1) is 0 Å². The molecule has 4 nitrogen and oxygen atoms in total. The molecular weight excluding hydrogens is 260 g/mol. The molecule has 0 spiro atoms. The first kappa shape index (κ1) is 14.0. The van der Waals surface area contributed by atoms with Crippen LogP contribution in [0.4, 0.5) is 5.82 Å². The van der Waals surface area contributed by atoms with Crippen LogP contribution in [0.25, 0.3) is 11.4 Å². The van der Waals surface area contributed by atoms with E-state index in [1.54, 1.807) is 6.20 Å². The van der Waals surface area contributed by atoms with Crippen LogP contribution in [0.1, 0.15) is 31.4 Å². The summed E-state index contributed by atoms with van der Waals surface area (Å²) in [6.07, 6.45) is 4.44. The summed E-state index contributed by atoms with van der Waals surface area (Å²) in [7, 11) is 1.87. The second kappa shape index (κ2) is 6.22. The second-order valence-electron chi connectivity index (χ2n) is 5.56. The predicted octanol–water partition coefficient (Wildman–Crippen LogP) is 3.34. The highest BCUT2D eigenvalue weighted by atomic mass is 15.2. The van der Waals surface area contributed by atoms with Crippen molar-refractivity contribution >= 4 is 5.82 Å². The van der Waals surface area contributed by atoms with E-state index < -0.39 is 0 Å². The first-order chi connectivity index (χ1) is 10.3. The van der Waals surface area contributed by atoms with E-state index in [1.165, 1.54) is 31.5 Å². The molecule has 0 radical (unpaired) electrons. The number of nitrogens with zero attached hydrogens (tertiary/aromatic N) is 3. The number of benzene rings is 1. The van der Waals surface area contributed by atoms with Gasteiger partial charge in [0.2, 0.25) is 0 Å². The zero-order valence-corrected chi connectivity index (χ0v) is 12.7. The van der Waals surface area contributed by atoms with Gasteiger partial charge in [-0.15, -0.1) is 0 Å². The fourth-order valence-corrected chi connectivity index (χ4v) is 2.89. The molecule has 1 aromatic heterocycles. The summed E-state index contributed by atoms with van der Waals surface area (Å²) in [5, 5.41) is 3.05. The lowest BCUT2D eigenvalue weighted by Gasteiger charge is -2.24. The molecule has 0 aliphatic carbocycles. The highest BCUT2D eigenvalue weighted by molar-refractivity contribution is 5.57. The molecule has 1 aliphatic heterocycles. The van der Waals surface area contributed by atoms with Gasteiger partial charge >= 0.3 is 0 Å². The minimum Gasteiger partial charge on any atom is -0.373 e. The molecule has 0 amide bonds. The number of anilines is 1. The number of rotatable bonds is 4. The molecule has 1 fully saturated rings. The van der Waals surface area contributed by atoms with Crippen molar-refractivity contribution < 1.29 is 0 Å². The van der Waals surface area contributed by atoms with Gasteiger partial charge in [0.1, 0.15) is 5.82 Å². The second-order valence-corrected chi connectivity index (χ2v) is 5.56. The quantitative estimate of drug-likeness (QED) is 0.933. The summed E-state index contributed by atoms with van der Waals surface area (Å²) in [5.74, 6) is 1.61. The number of hydrogen-bond donors (Lipinski definition) is 1. The van der Waals surface area contributed by atoms with Gasteiger partial charge in [0.25, 0.3) is 0 Å². The Kier molecular flexibility index (Phi) is 4.15. The van der Waals surface area contributed by atoms with E-state index in [0.29, 0.717) is 6.04 Å². The Hall–Kier alpha value is -1.94. The van der Waals surface area contributed by atoms with E-state index in [4.69, 9.17) is 0 Å². The first-order valence-corrected chi connectivity index (χ1v) is 7.63. The fraction of sp³-hybridized carbons (Fsp3) is 0.412. The Morgan fingerprint density at radius 1 is 1.10 bits per heavy atom. The summed E-state index contributed by atoms with van der Waals surface area (Å²) in [4.78, 5) is 11.4. The molecule has 1 aliphatic rings. The molecule has 1 N–H and O–H groups in total. The zero-order valence-electron chi connectivity index (χ0n) is 12.7. The highest BCUT2D eigenvalue weighted by Gasteiger charge is 2.19. The average Bonchev–Trinajstić information content (AvgIpc) is 3.09. The third-order valence-electron chi connectivity index (χ3n) is 4.25. The van der Waals surface area contributed by atoms with Crippen molar-refractivity contribution in [3.05, 3.63) is 42.1 Å². The maximum atomic E-state index is 4.48. The monoisotopic (exact) mass is 282 g/mol. The van der Waals surface area contributed by atoms with Crippen LogP contribution in [-0.2, 0) is 0 Å². The molecule has 1 saturated heterocycles. The average molecular weight is 282 g/mol. The lowest BCUT2D eigenvalue weighted by molar-refractivity contribution is 0.263. The minimum absolute atomic E-state index is 0.492. The molecule has 1 atom stereocenters. The molecule has 1 aromatic carbocycles. The predicted molar refractivity (Wildman–Crippen MR) is 86.2 cm³/mol. The zero-order chi connectivity index (χ0) is 14.7. The van der Waals surface area contributed by atoms with Crippen molar-refractivity contribution in [3.63, 3.8) is 0 Å². The van der Waals surface area contributed by atoms with Crippen LogP contribution in [0.2, 0.25) is 0 Å². The van der Waals surface area contributed by atoms with Crippen LogP contribution in [0.15, 0.2) is 36.5 Å². The molecule has 2 heterocycles. The van der Waals surface area contributed by atoms with Gasteiger partial charge in [-0.25, -0.2) is 9.97 Å². The third-order valence-corrected chi connectivity index (χ3v) is 4.25.